The first-order chi connectivity index (χ1) is 8.77. The lowest BCUT2D eigenvalue weighted by Crippen LogP contribution is -2.24. The Labute approximate surface area is 110 Å². The Morgan fingerprint density at radius 1 is 1.22 bits per heavy atom. The van der Waals surface area contributed by atoms with Crippen molar-refractivity contribution in [3.63, 3.8) is 0 Å². The van der Waals surface area contributed by atoms with Crippen LogP contribution < -0.4 is 0 Å². The van der Waals surface area contributed by atoms with Crippen LogP contribution in [0.3, 0.4) is 0 Å². The van der Waals surface area contributed by atoms with Gasteiger partial charge in [0.2, 0.25) is 0 Å². The standard InChI is InChI=1S/C12H15ClN4O/c13-11-8-6-16-17(12(8)15-7-14-11)9-4-2-1-3-5-10(9)18/h6-7,9-10,18H,1-5H2. The number of hydrogen-bond acceptors (Lipinski definition) is 4. The maximum Gasteiger partial charge on any atom is 0.163 e. The molecule has 2 atom stereocenters. The minimum Gasteiger partial charge on any atom is -0.391 e. The Bertz CT molecular complexity index is 556. The van der Waals surface area contributed by atoms with Gasteiger partial charge in [0, 0.05) is 0 Å². The van der Waals surface area contributed by atoms with Crippen LogP contribution in [0, 0.1) is 0 Å². The molecule has 1 fully saturated rings. The number of aliphatic hydroxyl groups excluding tert-OH is 1. The number of nitrogens with zero attached hydrogens (tertiary/aromatic N) is 4. The maximum absolute atomic E-state index is 10.2. The quantitative estimate of drug-likeness (QED) is 0.636. The Hall–Kier alpha value is -1.20. The van der Waals surface area contributed by atoms with Crippen molar-refractivity contribution in [1.82, 2.24) is 19.7 Å². The lowest BCUT2D eigenvalue weighted by atomic mass is 10.1. The van der Waals surface area contributed by atoms with Crippen molar-refractivity contribution in [2.45, 2.75) is 44.2 Å². The van der Waals surface area contributed by atoms with Crippen LogP contribution in [0.1, 0.15) is 38.1 Å². The second-order valence-corrected chi connectivity index (χ2v) is 5.12. The molecule has 0 aliphatic heterocycles. The molecule has 0 radical (unpaired) electrons. The fourth-order valence-electron chi connectivity index (χ4n) is 2.63. The fourth-order valence-corrected chi connectivity index (χ4v) is 2.81. The van der Waals surface area contributed by atoms with Gasteiger partial charge in [-0.25, -0.2) is 14.6 Å². The summed E-state index contributed by atoms with van der Waals surface area (Å²) in [6.07, 6.45) is 7.87. The lowest BCUT2D eigenvalue weighted by molar-refractivity contribution is 0.101. The highest BCUT2D eigenvalue weighted by Crippen LogP contribution is 2.30. The molecule has 18 heavy (non-hydrogen) atoms. The zero-order valence-corrected chi connectivity index (χ0v) is 10.7. The molecule has 2 unspecified atom stereocenters. The lowest BCUT2D eigenvalue weighted by Gasteiger charge is -2.21. The summed E-state index contributed by atoms with van der Waals surface area (Å²) < 4.78 is 1.80. The van der Waals surface area contributed by atoms with Crippen molar-refractivity contribution < 1.29 is 5.11 Å². The summed E-state index contributed by atoms with van der Waals surface area (Å²) >= 11 is 6.01. The molecule has 0 bridgehead atoms. The Balaban J connectivity index is 2.05. The molecule has 1 saturated carbocycles. The van der Waals surface area contributed by atoms with E-state index in [1.807, 2.05) is 0 Å². The summed E-state index contributed by atoms with van der Waals surface area (Å²) in [6, 6.07) is -0.00373. The zero-order valence-electron chi connectivity index (χ0n) is 9.96. The van der Waals surface area contributed by atoms with Gasteiger partial charge in [-0.1, -0.05) is 30.9 Å². The monoisotopic (exact) mass is 266 g/mol. The molecular formula is C12H15ClN4O. The SMILES string of the molecule is OC1CCCCCC1n1ncc2c(Cl)ncnc21. The number of fused-ring (bicyclic) bond motifs is 1. The Kier molecular flexibility index (Phi) is 3.18. The van der Waals surface area contributed by atoms with Crippen molar-refractivity contribution in [3.05, 3.63) is 17.7 Å². The van der Waals surface area contributed by atoms with Gasteiger partial charge in [-0.05, 0) is 12.8 Å². The zero-order chi connectivity index (χ0) is 12.5. The van der Waals surface area contributed by atoms with Gasteiger partial charge in [-0.15, -0.1) is 0 Å². The maximum atomic E-state index is 10.2. The van der Waals surface area contributed by atoms with E-state index in [-0.39, 0.29) is 12.1 Å². The molecule has 2 heterocycles. The van der Waals surface area contributed by atoms with Crippen molar-refractivity contribution in [2.24, 2.45) is 0 Å². The van der Waals surface area contributed by atoms with E-state index in [9.17, 15) is 5.11 Å². The molecule has 1 N–H and O–H groups in total. The number of halogens is 1. The number of hydrogen-bond donors (Lipinski definition) is 1. The molecule has 0 amide bonds. The molecule has 1 aliphatic rings. The summed E-state index contributed by atoms with van der Waals surface area (Å²) in [7, 11) is 0. The number of aliphatic hydroxyl groups is 1. The second kappa shape index (κ2) is 4.82. The van der Waals surface area contributed by atoms with Crippen LogP contribution in [0.15, 0.2) is 12.5 Å². The predicted molar refractivity (Wildman–Crippen MR) is 68.5 cm³/mol. The smallest absolute Gasteiger partial charge is 0.163 e. The van der Waals surface area contributed by atoms with Gasteiger partial charge < -0.3 is 5.11 Å². The van der Waals surface area contributed by atoms with Gasteiger partial charge in [0.05, 0.1) is 23.7 Å². The first-order valence-electron chi connectivity index (χ1n) is 6.29. The predicted octanol–water partition coefficient (Wildman–Crippen LogP) is 2.35. The third kappa shape index (κ3) is 1.97. The molecule has 2 aromatic heterocycles. The highest BCUT2D eigenvalue weighted by atomic mass is 35.5. The normalized spacial score (nSPS) is 25.2. The molecule has 3 rings (SSSR count). The summed E-state index contributed by atoms with van der Waals surface area (Å²) in [5.41, 5.74) is 0.709. The van der Waals surface area contributed by atoms with E-state index in [2.05, 4.69) is 15.1 Å². The largest absolute Gasteiger partial charge is 0.391 e. The van der Waals surface area contributed by atoms with Gasteiger partial charge >= 0.3 is 0 Å². The molecule has 6 heteroatoms. The van der Waals surface area contributed by atoms with Crippen molar-refractivity contribution in [1.29, 1.82) is 0 Å². The summed E-state index contributed by atoms with van der Waals surface area (Å²) in [4.78, 5) is 8.18. The van der Waals surface area contributed by atoms with Crippen LogP contribution in [0.5, 0.6) is 0 Å². The summed E-state index contributed by atoms with van der Waals surface area (Å²) in [6.45, 7) is 0. The summed E-state index contributed by atoms with van der Waals surface area (Å²) in [5.74, 6) is 0. The molecule has 0 saturated heterocycles. The molecule has 96 valence electrons. The van der Waals surface area contributed by atoms with Gasteiger partial charge in [0.25, 0.3) is 0 Å². The molecule has 0 aromatic carbocycles. The minimum atomic E-state index is -0.357. The van der Waals surface area contributed by atoms with E-state index in [1.54, 1.807) is 10.9 Å². The fraction of sp³-hybridized carbons (Fsp3) is 0.583. The Morgan fingerprint density at radius 3 is 2.94 bits per heavy atom. The van der Waals surface area contributed by atoms with E-state index in [1.165, 1.54) is 12.7 Å². The topological polar surface area (TPSA) is 63.8 Å². The van der Waals surface area contributed by atoms with E-state index in [0.29, 0.717) is 10.8 Å². The highest BCUT2D eigenvalue weighted by Gasteiger charge is 2.26. The second-order valence-electron chi connectivity index (χ2n) is 4.76. The highest BCUT2D eigenvalue weighted by molar-refractivity contribution is 6.33. The van der Waals surface area contributed by atoms with E-state index in [4.69, 9.17) is 11.6 Å². The van der Waals surface area contributed by atoms with Crippen LogP contribution in [-0.4, -0.2) is 31.0 Å². The molecular weight excluding hydrogens is 252 g/mol. The van der Waals surface area contributed by atoms with E-state index in [0.717, 1.165) is 31.1 Å². The average Bonchev–Trinajstić information content (AvgIpc) is 2.68. The first kappa shape index (κ1) is 11.9. The first-order valence-corrected chi connectivity index (χ1v) is 6.67. The van der Waals surface area contributed by atoms with Crippen molar-refractivity contribution in [2.75, 3.05) is 0 Å². The number of rotatable bonds is 1. The van der Waals surface area contributed by atoms with Crippen molar-refractivity contribution >= 4 is 22.6 Å². The average molecular weight is 267 g/mol. The van der Waals surface area contributed by atoms with Crippen LogP contribution in [-0.2, 0) is 0 Å². The third-order valence-electron chi connectivity index (χ3n) is 3.60. The third-order valence-corrected chi connectivity index (χ3v) is 3.90. The van der Waals surface area contributed by atoms with Crippen LogP contribution in [0.4, 0.5) is 0 Å². The Morgan fingerprint density at radius 2 is 2.06 bits per heavy atom. The van der Waals surface area contributed by atoms with Crippen LogP contribution in [0.2, 0.25) is 5.15 Å². The van der Waals surface area contributed by atoms with Gasteiger partial charge in [0.1, 0.15) is 11.5 Å². The summed E-state index contributed by atoms with van der Waals surface area (Å²) in [5, 5.41) is 15.7. The number of aromatic nitrogens is 4. The van der Waals surface area contributed by atoms with Crippen LogP contribution in [0.25, 0.3) is 11.0 Å². The molecule has 0 spiro atoms. The molecule has 5 nitrogen and oxygen atoms in total. The molecule has 1 aliphatic carbocycles. The van der Waals surface area contributed by atoms with E-state index < -0.39 is 0 Å². The van der Waals surface area contributed by atoms with Gasteiger partial charge in [0.15, 0.2) is 5.65 Å². The van der Waals surface area contributed by atoms with Gasteiger partial charge in [-0.2, -0.15) is 5.10 Å². The minimum absolute atomic E-state index is 0.00373. The van der Waals surface area contributed by atoms with Crippen LogP contribution >= 0.6 is 11.6 Å². The van der Waals surface area contributed by atoms with Gasteiger partial charge in [-0.3, -0.25) is 0 Å². The van der Waals surface area contributed by atoms with E-state index >= 15 is 0 Å². The van der Waals surface area contributed by atoms with Crippen molar-refractivity contribution in [3.8, 4) is 0 Å². The molecule has 2 aromatic rings.